The summed E-state index contributed by atoms with van der Waals surface area (Å²) in [5.74, 6) is 0.504. The molecule has 0 aliphatic heterocycles. The van der Waals surface area contributed by atoms with Crippen LogP contribution < -0.4 is 0 Å². The third kappa shape index (κ3) is 1.54. The largest absolute Gasteiger partial charge is 0.0587 e. The van der Waals surface area contributed by atoms with Gasteiger partial charge in [0.2, 0.25) is 0 Å². The van der Waals surface area contributed by atoms with Crippen LogP contribution in [0.4, 0.5) is 0 Å². The van der Waals surface area contributed by atoms with E-state index in [2.05, 4.69) is 69.3 Å². The summed E-state index contributed by atoms with van der Waals surface area (Å²) in [5.41, 5.74) is 8.47. The molecule has 0 fully saturated rings. The first-order chi connectivity index (χ1) is 9.63. The monoisotopic (exact) mass is 258 g/mol. The summed E-state index contributed by atoms with van der Waals surface area (Å²) < 4.78 is 0. The summed E-state index contributed by atoms with van der Waals surface area (Å²) in [7, 11) is 0. The van der Waals surface area contributed by atoms with Crippen LogP contribution in [0.3, 0.4) is 0 Å². The minimum Gasteiger partial charge on any atom is -0.0587 e. The van der Waals surface area contributed by atoms with Crippen molar-refractivity contribution >= 4 is 10.8 Å². The maximum absolute atomic E-state index is 2.39. The zero-order valence-corrected chi connectivity index (χ0v) is 12.2. The van der Waals surface area contributed by atoms with Crippen molar-refractivity contribution in [1.82, 2.24) is 0 Å². The van der Waals surface area contributed by atoms with Crippen LogP contribution in [0.2, 0.25) is 0 Å². The Hall–Kier alpha value is -2.08. The summed E-state index contributed by atoms with van der Waals surface area (Å²) in [5, 5.41) is 2.70. The molecule has 1 aliphatic carbocycles. The van der Waals surface area contributed by atoms with Crippen molar-refractivity contribution in [2.45, 2.75) is 26.7 Å². The van der Waals surface area contributed by atoms with Crippen molar-refractivity contribution in [1.29, 1.82) is 0 Å². The fourth-order valence-electron chi connectivity index (χ4n) is 3.48. The predicted molar refractivity (Wildman–Crippen MR) is 86.4 cm³/mol. The second kappa shape index (κ2) is 3.96. The number of fused-ring (bicyclic) bond motifs is 4. The molecule has 3 aromatic rings. The van der Waals surface area contributed by atoms with Crippen LogP contribution in [0.1, 0.15) is 35.1 Å². The molecule has 1 unspecified atom stereocenters. The van der Waals surface area contributed by atoms with Gasteiger partial charge in [0.1, 0.15) is 0 Å². The summed E-state index contributed by atoms with van der Waals surface area (Å²) in [6.45, 7) is 6.66. The molecule has 20 heavy (non-hydrogen) atoms. The van der Waals surface area contributed by atoms with Crippen LogP contribution >= 0.6 is 0 Å². The molecule has 0 aromatic heterocycles. The minimum absolute atomic E-state index is 0.504. The van der Waals surface area contributed by atoms with E-state index in [1.165, 1.54) is 44.2 Å². The van der Waals surface area contributed by atoms with Gasteiger partial charge in [-0.3, -0.25) is 0 Å². The molecule has 0 saturated carbocycles. The van der Waals surface area contributed by atoms with Crippen LogP contribution in [0, 0.1) is 13.8 Å². The van der Waals surface area contributed by atoms with Crippen molar-refractivity contribution in [3.63, 3.8) is 0 Å². The molecule has 0 N–H and O–H groups in total. The van der Waals surface area contributed by atoms with Crippen LogP contribution in [0.25, 0.3) is 21.9 Å². The highest BCUT2D eigenvalue weighted by Gasteiger charge is 2.25. The van der Waals surface area contributed by atoms with Gasteiger partial charge in [0.15, 0.2) is 0 Å². The Morgan fingerprint density at radius 1 is 0.650 bits per heavy atom. The molecule has 4 rings (SSSR count). The van der Waals surface area contributed by atoms with E-state index in [-0.39, 0.29) is 0 Å². The molecule has 0 saturated heterocycles. The van der Waals surface area contributed by atoms with Gasteiger partial charge < -0.3 is 0 Å². The molecule has 1 aliphatic rings. The van der Waals surface area contributed by atoms with Crippen molar-refractivity contribution < 1.29 is 0 Å². The second-order valence-corrected chi connectivity index (χ2v) is 6.10. The molecule has 3 aromatic carbocycles. The Kier molecular flexibility index (Phi) is 2.32. The first-order valence-corrected chi connectivity index (χ1v) is 7.29. The molecule has 0 nitrogen and oxygen atoms in total. The first-order valence-electron chi connectivity index (χ1n) is 7.29. The summed E-state index contributed by atoms with van der Waals surface area (Å²) in [6, 6.07) is 18.3. The molecule has 98 valence electrons. The molecule has 0 radical (unpaired) electrons. The van der Waals surface area contributed by atoms with Crippen molar-refractivity contribution in [2.75, 3.05) is 0 Å². The highest BCUT2D eigenvalue weighted by molar-refractivity contribution is 5.93. The molecular formula is C20H18. The molecule has 0 amide bonds. The molecule has 0 heterocycles. The Balaban J connectivity index is 2.05. The quantitative estimate of drug-likeness (QED) is 0.493. The third-order valence-corrected chi connectivity index (χ3v) is 4.59. The first kappa shape index (κ1) is 11.7. The molecule has 0 heteroatoms. The van der Waals surface area contributed by atoms with E-state index in [0.717, 1.165) is 0 Å². The van der Waals surface area contributed by atoms with Crippen LogP contribution in [0.15, 0.2) is 48.5 Å². The van der Waals surface area contributed by atoms with Gasteiger partial charge in [-0.2, -0.15) is 0 Å². The van der Waals surface area contributed by atoms with E-state index in [1.807, 2.05) is 0 Å². The van der Waals surface area contributed by atoms with Gasteiger partial charge in [0.05, 0.1) is 0 Å². The average molecular weight is 258 g/mol. The smallest absolute Gasteiger partial charge is 0.00736 e. The lowest BCUT2D eigenvalue weighted by atomic mass is 9.96. The van der Waals surface area contributed by atoms with Gasteiger partial charge in [0, 0.05) is 5.92 Å². The molecule has 0 bridgehead atoms. The van der Waals surface area contributed by atoms with Crippen molar-refractivity contribution in [3.8, 4) is 11.1 Å². The number of rotatable bonds is 0. The Bertz CT molecular complexity index is 840. The number of aryl methyl sites for hydroxylation is 2. The summed E-state index contributed by atoms with van der Waals surface area (Å²) in [6.07, 6.45) is 0. The zero-order chi connectivity index (χ0) is 13.9. The SMILES string of the molecule is Cc1ccc2c(c1)C(C)c1cc3cc(C)ccc3cc1-2. The van der Waals surface area contributed by atoms with Gasteiger partial charge in [0.25, 0.3) is 0 Å². The standard InChI is InChI=1S/C20H18/c1-12-4-6-15-10-20-17-7-5-13(2)9-18(17)14(3)19(20)11-16(15)8-12/h4-11,14H,1-3H3. The lowest BCUT2D eigenvalue weighted by Gasteiger charge is -2.08. The van der Waals surface area contributed by atoms with Gasteiger partial charge in [-0.25, -0.2) is 0 Å². The fourth-order valence-corrected chi connectivity index (χ4v) is 3.48. The maximum Gasteiger partial charge on any atom is 0.00736 e. The van der Waals surface area contributed by atoms with Gasteiger partial charge in [-0.1, -0.05) is 54.4 Å². The van der Waals surface area contributed by atoms with Crippen molar-refractivity contribution in [2.24, 2.45) is 0 Å². The fraction of sp³-hybridized carbons (Fsp3) is 0.200. The zero-order valence-electron chi connectivity index (χ0n) is 12.2. The van der Waals surface area contributed by atoms with Gasteiger partial charge >= 0.3 is 0 Å². The normalized spacial score (nSPS) is 16.2. The van der Waals surface area contributed by atoms with E-state index < -0.39 is 0 Å². The lowest BCUT2D eigenvalue weighted by Crippen LogP contribution is -1.90. The second-order valence-electron chi connectivity index (χ2n) is 6.10. The Morgan fingerprint density at radius 3 is 2.20 bits per heavy atom. The molecule has 1 atom stereocenters. The van der Waals surface area contributed by atoms with Crippen molar-refractivity contribution in [3.05, 3.63) is 70.8 Å². The molecule has 0 spiro atoms. The van der Waals surface area contributed by atoms with E-state index >= 15 is 0 Å². The Morgan fingerprint density at radius 2 is 1.35 bits per heavy atom. The van der Waals surface area contributed by atoms with Gasteiger partial charge in [-0.15, -0.1) is 0 Å². The highest BCUT2D eigenvalue weighted by atomic mass is 14.3. The van der Waals surface area contributed by atoms with Crippen LogP contribution in [0.5, 0.6) is 0 Å². The van der Waals surface area contributed by atoms with E-state index in [9.17, 15) is 0 Å². The third-order valence-electron chi connectivity index (χ3n) is 4.59. The maximum atomic E-state index is 2.39. The van der Waals surface area contributed by atoms with E-state index in [1.54, 1.807) is 0 Å². The number of hydrogen-bond donors (Lipinski definition) is 0. The van der Waals surface area contributed by atoms with Crippen LogP contribution in [-0.2, 0) is 0 Å². The average Bonchev–Trinajstić information content (AvgIpc) is 2.69. The highest BCUT2D eigenvalue weighted by Crippen LogP contribution is 2.46. The minimum atomic E-state index is 0.504. The number of benzene rings is 3. The summed E-state index contributed by atoms with van der Waals surface area (Å²) in [4.78, 5) is 0. The van der Waals surface area contributed by atoms with Crippen LogP contribution in [-0.4, -0.2) is 0 Å². The van der Waals surface area contributed by atoms with E-state index in [4.69, 9.17) is 0 Å². The van der Waals surface area contributed by atoms with Gasteiger partial charge in [-0.05, 0) is 59.0 Å². The predicted octanol–water partition coefficient (Wildman–Crippen LogP) is 5.59. The Labute approximate surface area is 120 Å². The number of hydrogen-bond acceptors (Lipinski definition) is 0. The lowest BCUT2D eigenvalue weighted by molar-refractivity contribution is 0.956. The summed E-state index contributed by atoms with van der Waals surface area (Å²) >= 11 is 0. The van der Waals surface area contributed by atoms with E-state index in [0.29, 0.717) is 5.92 Å². The molecular weight excluding hydrogens is 240 g/mol. The topological polar surface area (TPSA) is 0 Å².